The van der Waals surface area contributed by atoms with Crippen LogP contribution < -0.4 is 20.3 Å². The Morgan fingerprint density at radius 2 is 1.89 bits per heavy atom. The summed E-state index contributed by atoms with van der Waals surface area (Å²) in [5.74, 6) is 0.359. The molecule has 0 bridgehead atoms. The number of benzene rings is 2. The summed E-state index contributed by atoms with van der Waals surface area (Å²) in [6, 6.07) is 9.73. The van der Waals surface area contributed by atoms with Gasteiger partial charge in [-0.2, -0.15) is 18.3 Å². The number of carbonyl (C=O) groups excluding carboxylic acids is 1. The Kier molecular flexibility index (Phi) is 6.95. The predicted molar refractivity (Wildman–Crippen MR) is 124 cm³/mol. The largest absolute Gasteiger partial charge is 0.493 e. The average molecular weight is 501 g/mol. The third kappa shape index (κ3) is 5.02. The summed E-state index contributed by atoms with van der Waals surface area (Å²) in [5.41, 5.74) is -0.306. The van der Waals surface area contributed by atoms with Crippen LogP contribution in [0.4, 0.5) is 13.2 Å². The van der Waals surface area contributed by atoms with Gasteiger partial charge in [0.25, 0.3) is 11.5 Å². The summed E-state index contributed by atoms with van der Waals surface area (Å²) in [5, 5.41) is 7.16. The van der Waals surface area contributed by atoms with Gasteiger partial charge in [0.1, 0.15) is 11.7 Å². The third-order valence-corrected chi connectivity index (χ3v) is 5.49. The lowest BCUT2D eigenvalue weighted by molar-refractivity contribution is -0.137. The number of alkyl halides is 3. The minimum atomic E-state index is -4.47. The number of hydrogen-bond acceptors (Lipinski definition) is 6. The van der Waals surface area contributed by atoms with E-state index >= 15 is 0 Å². The molecule has 2 aromatic carbocycles. The van der Waals surface area contributed by atoms with E-state index in [1.807, 2.05) is 0 Å². The molecule has 188 valence electrons. The van der Waals surface area contributed by atoms with Gasteiger partial charge in [-0.3, -0.25) is 14.2 Å². The van der Waals surface area contributed by atoms with Crippen molar-refractivity contribution in [2.75, 3.05) is 20.8 Å². The lowest BCUT2D eigenvalue weighted by atomic mass is 10.1. The number of halogens is 3. The van der Waals surface area contributed by atoms with E-state index in [0.29, 0.717) is 28.3 Å². The van der Waals surface area contributed by atoms with Gasteiger partial charge >= 0.3 is 6.18 Å². The van der Waals surface area contributed by atoms with Gasteiger partial charge < -0.3 is 14.8 Å². The van der Waals surface area contributed by atoms with Crippen LogP contribution in [0.25, 0.3) is 11.0 Å². The summed E-state index contributed by atoms with van der Waals surface area (Å²) >= 11 is 0. The molecule has 36 heavy (non-hydrogen) atoms. The maximum absolute atomic E-state index is 13.0. The van der Waals surface area contributed by atoms with Crippen molar-refractivity contribution in [2.45, 2.75) is 19.3 Å². The maximum Gasteiger partial charge on any atom is 0.416 e. The third-order valence-electron chi connectivity index (χ3n) is 5.49. The van der Waals surface area contributed by atoms with Gasteiger partial charge in [-0.15, -0.1) is 0 Å². The highest BCUT2D eigenvalue weighted by molar-refractivity contribution is 5.97. The first-order valence-electron chi connectivity index (χ1n) is 10.8. The molecule has 1 N–H and O–H groups in total. The highest BCUT2D eigenvalue weighted by Gasteiger charge is 2.30. The van der Waals surface area contributed by atoms with Gasteiger partial charge in [-0.25, -0.2) is 9.67 Å². The Balaban J connectivity index is 1.47. The van der Waals surface area contributed by atoms with Crippen LogP contribution in [0.2, 0.25) is 0 Å². The standard InChI is InChI=1S/C24H22F3N5O4/c1-35-19-8-4-7-17(20(19)36-2)22(33)28-9-10-32-21-18(12-30-32)23(34)31(14-29-21)13-15-5-3-6-16(11-15)24(25,26)27/h3-8,11-12,14H,9-10,13H2,1-2H3,(H,28,33). The van der Waals surface area contributed by atoms with E-state index in [0.717, 1.165) is 12.1 Å². The number of fused-ring (bicyclic) bond motifs is 1. The van der Waals surface area contributed by atoms with E-state index in [9.17, 15) is 22.8 Å². The van der Waals surface area contributed by atoms with E-state index in [1.165, 1.54) is 48.1 Å². The first-order valence-corrected chi connectivity index (χ1v) is 10.8. The van der Waals surface area contributed by atoms with Crippen LogP contribution in [0.1, 0.15) is 21.5 Å². The molecule has 0 aliphatic heterocycles. The Morgan fingerprint density at radius 1 is 1.11 bits per heavy atom. The van der Waals surface area contributed by atoms with Crippen molar-refractivity contribution in [3.05, 3.63) is 82.0 Å². The molecule has 9 nitrogen and oxygen atoms in total. The molecule has 0 fully saturated rings. The lowest BCUT2D eigenvalue weighted by Crippen LogP contribution is -2.28. The fraction of sp³-hybridized carbons (Fsp3) is 0.250. The smallest absolute Gasteiger partial charge is 0.416 e. The highest BCUT2D eigenvalue weighted by Crippen LogP contribution is 2.31. The van der Waals surface area contributed by atoms with Crippen molar-refractivity contribution in [1.29, 1.82) is 0 Å². The Hall–Kier alpha value is -4.35. The summed E-state index contributed by atoms with van der Waals surface area (Å²) in [7, 11) is 2.92. The number of ether oxygens (including phenoxy) is 2. The van der Waals surface area contributed by atoms with Crippen molar-refractivity contribution >= 4 is 16.9 Å². The molecular formula is C24H22F3N5O4. The van der Waals surface area contributed by atoms with Crippen LogP contribution in [0, 0.1) is 0 Å². The van der Waals surface area contributed by atoms with Gasteiger partial charge in [-0.1, -0.05) is 18.2 Å². The zero-order valence-corrected chi connectivity index (χ0v) is 19.4. The Morgan fingerprint density at radius 3 is 2.61 bits per heavy atom. The first kappa shape index (κ1) is 24.8. The second kappa shape index (κ2) is 10.1. The molecule has 2 heterocycles. The number of amides is 1. The van der Waals surface area contributed by atoms with E-state index in [2.05, 4.69) is 15.4 Å². The first-order chi connectivity index (χ1) is 17.2. The quantitative estimate of drug-likeness (QED) is 0.398. The topological polar surface area (TPSA) is 100 Å². The number of rotatable bonds is 8. The number of para-hydroxylation sites is 1. The minimum absolute atomic E-state index is 0.0741. The van der Waals surface area contributed by atoms with E-state index < -0.39 is 17.3 Å². The Labute approximate surface area is 203 Å². The summed E-state index contributed by atoms with van der Waals surface area (Å²) in [6.45, 7) is 0.339. The van der Waals surface area contributed by atoms with E-state index in [1.54, 1.807) is 18.2 Å². The van der Waals surface area contributed by atoms with Crippen molar-refractivity contribution in [1.82, 2.24) is 24.6 Å². The van der Waals surface area contributed by atoms with Crippen LogP contribution >= 0.6 is 0 Å². The van der Waals surface area contributed by atoms with Crippen LogP contribution in [0.5, 0.6) is 11.5 Å². The van der Waals surface area contributed by atoms with E-state index in [4.69, 9.17) is 9.47 Å². The number of aromatic nitrogens is 4. The molecule has 0 saturated carbocycles. The number of methoxy groups -OCH3 is 2. The minimum Gasteiger partial charge on any atom is -0.493 e. The van der Waals surface area contributed by atoms with Crippen LogP contribution in [0.15, 0.2) is 59.8 Å². The van der Waals surface area contributed by atoms with Crippen molar-refractivity contribution < 1.29 is 27.4 Å². The van der Waals surface area contributed by atoms with Gasteiger partial charge in [-0.05, 0) is 29.8 Å². The molecule has 0 aliphatic rings. The maximum atomic E-state index is 13.0. The molecule has 12 heteroatoms. The van der Waals surface area contributed by atoms with Crippen LogP contribution in [0.3, 0.4) is 0 Å². The van der Waals surface area contributed by atoms with E-state index in [-0.39, 0.29) is 30.9 Å². The molecule has 0 saturated heterocycles. The fourth-order valence-electron chi connectivity index (χ4n) is 3.75. The van der Waals surface area contributed by atoms with Gasteiger partial charge in [0.05, 0.1) is 44.6 Å². The predicted octanol–water partition coefficient (Wildman–Crippen LogP) is 3.11. The van der Waals surface area contributed by atoms with Crippen molar-refractivity contribution in [3.8, 4) is 11.5 Å². The molecule has 2 aromatic heterocycles. The zero-order valence-electron chi connectivity index (χ0n) is 19.4. The number of nitrogens with one attached hydrogen (secondary N) is 1. The van der Waals surface area contributed by atoms with Crippen molar-refractivity contribution in [2.24, 2.45) is 0 Å². The SMILES string of the molecule is COc1cccc(C(=O)NCCn2ncc3c(=O)n(Cc4cccc(C(F)(F)F)c4)cnc32)c1OC. The molecular weight excluding hydrogens is 479 g/mol. The summed E-state index contributed by atoms with van der Waals surface area (Å²) in [6.07, 6.45) is -1.86. The molecule has 4 rings (SSSR count). The average Bonchev–Trinajstić information content (AvgIpc) is 3.28. The summed E-state index contributed by atoms with van der Waals surface area (Å²) in [4.78, 5) is 29.8. The summed E-state index contributed by atoms with van der Waals surface area (Å²) < 4.78 is 52.1. The van der Waals surface area contributed by atoms with Crippen LogP contribution in [-0.4, -0.2) is 46.0 Å². The molecule has 0 aliphatic carbocycles. The lowest BCUT2D eigenvalue weighted by Gasteiger charge is -2.12. The normalized spacial score (nSPS) is 11.5. The molecule has 0 spiro atoms. The van der Waals surface area contributed by atoms with Crippen LogP contribution in [-0.2, 0) is 19.3 Å². The second-order valence-electron chi connectivity index (χ2n) is 7.78. The van der Waals surface area contributed by atoms with Gasteiger partial charge in [0.2, 0.25) is 0 Å². The van der Waals surface area contributed by atoms with Crippen molar-refractivity contribution in [3.63, 3.8) is 0 Å². The second-order valence-corrected chi connectivity index (χ2v) is 7.78. The Bertz CT molecular complexity index is 1460. The zero-order chi connectivity index (χ0) is 25.9. The molecule has 4 aromatic rings. The number of hydrogen-bond donors (Lipinski definition) is 1. The molecule has 1 amide bonds. The monoisotopic (exact) mass is 501 g/mol. The highest BCUT2D eigenvalue weighted by atomic mass is 19.4. The van der Waals surface area contributed by atoms with Gasteiger partial charge in [0.15, 0.2) is 17.1 Å². The molecule has 0 unspecified atom stereocenters. The number of carbonyl (C=O) groups is 1. The number of nitrogens with zero attached hydrogens (tertiary/aromatic N) is 4. The molecule has 0 radical (unpaired) electrons. The van der Waals surface area contributed by atoms with Gasteiger partial charge in [0, 0.05) is 6.54 Å². The molecule has 0 atom stereocenters. The fourth-order valence-corrected chi connectivity index (χ4v) is 3.75.